The molecule has 0 bridgehead atoms. The van der Waals surface area contributed by atoms with E-state index >= 15 is 0 Å². The van der Waals surface area contributed by atoms with Crippen molar-refractivity contribution in [1.82, 2.24) is 4.57 Å². The highest BCUT2D eigenvalue weighted by atomic mass is 15.2. The van der Waals surface area contributed by atoms with E-state index in [1.54, 1.807) is 0 Å². The van der Waals surface area contributed by atoms with Crippen molar-refractivity contribution >= 4 is 27.2 Å². The molecule has 72 heavy (non-hydrogen) atoms. The fourth-order valence-electron chi connectivity index (χ4n) is 11.7. The van der Waals surface area contributed by atoms with E-state index in [2.05, 4.69) is 276 Å². The highest BCUT2D eigenvalue weighted by Crippen LogP contribution is 2.48. The number of hydrogen-bond acceptors (Lipinski definition) is 1. The highest BCUT2D eigenvalue weighted by Gasteiger charge is 2.34. The summed E-state index contributed by atoms with van der Waals surface area (Å²) in [5.74, 6) is 0.433. The first-order valence-corrected chi connectivity index (χ1v) is 25.6. The summed E-state index contributed by atoms with van der Waals surface area (Å²) in [5, 5.41) is 4.88. The maximum Gasteiger partial charge on any atom is 0.0553 e. The van der Waals surface area contributed by atoms with Gasteiger partial charge in [0.15, 0.2) is 0 Å². The van der Waals surface area contributed by atoms with E-state index in [4.69, 9.17) is 0 Å². The van der Waals surface area contributed by atoms with E-state index in [1.165, 1.54) is 83.0 Å². The van der Waals surface area contributed by atoms with Gasteiger partial charge >= 0.3 is 0 Å². The number of nitrogens with zero attached hydrogens (tertiary/aromatic N) is 2. The minimum atomic E-state index is 0.340. The molecule has 2 heterocycles. The lowest BCUT2D eigenvalue weighted by Gasteiger charge is -2.36. The third kappa shape index (κ3) is 8.05. The van der Waals surface area contributed by atoms with E-state index in [9.17, 15) is 0 Å². The van der Waals surface area contributed by atoms with Crippen molar-refractivity contribution in [3.63, 3.8) is 0 Å². The SMILES string of the molecule is C1=CCCC(C2=CCC(C3C=CC=CC3)N2c2ccc3cc4c(-c5cccc(-c6ccccc6)c5)c(-n5c(-c6ccccc6)ccc5-c5ccccc5)cc(-c5cccc(-c6ccccc6)c5)c4cc3c2)=C1. The molecule has 0 radical (unpaired) electrons. The Morgan fingerprint density at radius 2 is 1.01 bits per heavy atom. The first-order valence-electron chi connectivity index (χ1n) is 25.6. The van der Waals surface area contributed by atoms with Gasteiger partial charge in [0, 0.05) is 28.9 Å². The van der Waals surface area contributed by atoms with Crippen molar-refractivity contribution in [2.75, 3.05) is 4.90 Å². The highest BCUT2D eigenvalue weighted by molar-refractivity contribution is 6.14. The summed E-state index contributed by atoms with van der Waals surface area (Å²) in [4.78, 5) is 2.68. The van der Waals surface area contributed by atoms with Crippen LogP contribution in [0, 0.1) is 5.92 Å². The Labute approximate surface area is 423 Å². The molecule has 9 aromatic carbocycles. The summed E-state index contributed by atoms with van der Waals surface area (Å²) >= 11 is 0. The summed E-state index contributed by atoms with van der Waals surface area (Å²) in [6.07, 6.45) is 22.8. The normalized spacial score (nSPS) is 16.4. The van der Waals surface area contributed by atoms with Crippen LogP contribution in [0.5, 0.6) is 0 Å². The molecule has 0 fully saturated rings. The second kappa shape index (κ2) is 18.9. The molecule has 10 aromatic rings. The summed E-state index contributed by atoms with van der Waals surface area (Å²) in [5.41, 5.74) is 19.3. The van der Waals surface area contributed by atoms with Crippen molar-refractivity contribution in [2.45, 2.75) is 31.7 Å². The van der Waals surface area contributed by atoms with E-state index in [0.29, 0.717) is 12.0 Å². The number of rotatable bonds is 10. The predicted octanol–water partition coefficient (Wildman–Crippen LogP) is 18.7. The van der Waals surface area contributed by atoms with Crippen LogP contribution < -0.4 is 4.90 Å². The van der Waals surface area contributed by atoms with Gasteiger partial charge in [0.05, 0.1) is 17.1 Å². The van der Waals surface area contributed by atoms with Gasteiger partial charge in [-0.3, -0.25) is 0 Å². The third-order valence-electron chi connectivity index (χ3n) is 15.1. The van der Waals surface area contributed by atoms with Crippen LogP contribution >= 0.6 is 0 Å². The smallest absolute Gasteiger partial charge is 0.0553 e. The van der Waals surface area contributed by atoms with Crippen molar-refractivity contribution in [2.24, 2.45) is 5.92 Å². The molecule has 0 saturated heterocycles. The zero-order chi connectivity index (χ0) is 47.8. The predicted molar refractivity (Wildman–Crippen MR) is 305 cm³/mol. The minimum absolute atomic E-state index is 0.340. The molecule has 2 aliphatic carbocycles. The first kappa shape index (κ1) is 43.3. The molecular weight excluding hydrogens is 869 g/mol. The third-order valence-corrected chi connectivity index (χ3v) is 15.1. The van der Waals surface area contributed by atoms with Crippen LogP contribution in [0.2, 0.25) is 0 Å². The molecule has 0 amide bonds. The van der Waals surface area contributed by atoms with Gasteiger partial charge in [-0.15, -0.1) is 0 Å². The molecule has 0 N–H and O–H groups in total. The van der Waals surface area contributed by atoms with Gasteiger partial charge in [-0.2, -0.15) is 0 Å². The van der Waals surface area contributed by atoms with Crippen LogP contribution in [-0.2, 0) is 0 Å². The molecule has 1 aliphatic heterocycles. The molecule has 2 nitrogen and oxygen atoms in total. The van der Waals surface area contributed by atoms with E-state index in [-0.39, 0.29) is 0 Å². The molecule has 13 rings (SSSR count). The Balaban J connectivity index is 1.11. The van der Waals surface area contributed by atoms with Gasteiger partial charge in [-0.25, -0.2) is 0 Å². The van der Waals surface area contributed by atoms with E-state index in [0.717, 1.165) is 53.9 Å². The number of benzene rings is 9. The summed E-state index contributed by atoms with van der Waals surface area (Å²) in [6.45, 7) is 0. The van der Waals surface area contributed by atoms with Crippen LogP contribution in [0.4, 0.5) is 5.69 Å². The molecule has 2 unspecified atom stereocenters. The van der Waals surface area contributed by atoms with Crippen molar-refractivity contribution in [1.29, 1.82) is 0 Å². The lowest BCUT2D eigenvalue weighted by molar-refractivity contribution is 0.507. The zero-order valence-corrected chi connectivity index (χ0v) is 40.3. The minimum Gasteiger partial charge on any atom is -0.337 e. The van der Waals surface area contributed by atoms with Crippen molar-refractivity contribution in [3.05, 3.63) is 278 Å². The fraction of sp³-hybridized carbons (Fsp3) is 0.0857. The van der Waals surface area contributed by atoms with Crippen LogP contribution in [0.15, 0.2) is 278 Å². The second-order valence-corrected chi connectivity index (χ2v) is 19.4. The largest absolute Gasteiger partial charge is 0.337 e. The number of fused-ring (bicyclic) bond motifs is 2. The molecule has 3 aliphatic rings. The zero-order valence-electron chi connectivity index (χ0n) is 40.3. The average molecular weight is 923 g/mol. The van der Waals surface area contributed by atoms with Crippen LogP contribution in [0.3, 0.4) is 0 Å². The second-order valence-electron chi connectivity index (χ2n) is 19.4. The Morgan fingerprint density at radius 3 is 1.64 bits per heavy atom. The first-order chi connectivity index (χ1) is 35.7. The van der Waals surface area contributed by atoms with Gasteiger partial charge in [-0.05, 0) is 157 Å². The lowest BCUT2D eigenvalue weighted by atomic mass is 9.87. The quantitative estimate of drug-likeness (QED) is 0.124. The Bertz CT molecular complexity index is 3740. The maximum absolute atomic E-state index is 2.68. The van der Waals surface area contributed by atoms with Gasteiger partial charge in [0.1, 0.15) is 0 Å². The number of aromatic nitrogens is 1. The fourth-order valence-corrected chi connectivity index (χ4v) is 11.7. The molecule has 0 spiro atoms. The summed E-state index contributed by atoms with van der Waals surface area (Å²) in [7, 11) is 0. The molecule has 344 valence electrons. The summed E-state index contributed by atoms with van der Waals surface area (Å²) in [6, 6.07) is 81.4. The van der Waals surface area contributed by atoms with Gasteiger partial charge in [0.25, 0.3) is 0 Å². The van der Waals surface area contributed by atoms with Crippen molar-refractivity contribution < 1.29 is 0 Å². The Morgan fingerprint density at radius 1 is 0.417 bits per heavy atom. The van der Waals surface area contributed by atoms with Gasteiger partial charge in [0.2, 0.25) is 0 Å². The number of hydrogen-bond donors (Lipinski definition) is 0. The molecule has 2 atom stereocenters. The molecular formula is C70H54N2. The monoisotopic (exact) mass is 922 g/mol. The summed E-state index contributed by atoms with van der Waals surface area (Å²) < 4.78 is 2.53. The molecule has 0 saturated carbocycles. The Kier molecular flexibility index (Phi) is 11.4. The van der Waals surface area contributed by atoms with E-state index in [1.807, 2.05) is 0 Å². The molecule has 2 heteroatoms. The number of allylic oxidation sites excluding steroid dienone is 7. The lowest BCUT2D eigenvalue weighted by Crippen LogP contribution is -2.36. The molecule has 1 aromatic heterocycles. The van der Waals surface area contributed by atoms with Gasteiger partial charge < -0.3 is 9.47 Å². The van der Waals surface area contributed by atoms with E-state index < -0.39 is 0 Å². The number of anilines is 1. The average Bonchev–Trinajstić information content (AvgIpc) is 4.12. The van der Waals surface area contributed by atoms with Crippen LogP contribution in [-0.4, -0.2) is 10.6 Å². The van der Waals surface area contributed by atoms with Crippen LogP contribution in [0.25, 0.3) is 94.3 Å². The van der Waals surface area contributed by atoms with Gasteiger partial charge in [-0.1, -0.05) is 212 Å². The maximum atomic E-state index is 2.68. The Hall–Kier alpha value is -8.72. The standard InChI is InChI=1S/C70H54N2/c1-7-21-49(22-8-1)55-33-19-35-58(43-55)62-48-69(72-67(53-29-15-5-16-30-53)41-42-68(72)54-31-17-6-18-32-54)70(59-36-20-34-56(44-59)50-23-9-2-10-24-50)64-46-57-37-38-61(45-60(57)47-63(62)64)71-65(51-25-11-3-12-26-51)39-40-66(71)52-27-13-4-14-28-52/h1-13,15-25,27,29-38,40-48,51,65H,14,26,28,39H2. The van der Waals surface area contributed by atoms with Crippen molar-refractivity contribution in [3.8, 4) is 72.7 Å². The van der Waals surface area contributed by atoms with Crippen LogP contribution in [0.1, 0.15) is 25.7 Å². The topological polar surface area (TPSA) is 8.17 Å².